The van der Waals surface area contributed by atoms with E-state index in [0.717, 1.165) is 15.6 Å². The zero-order valence-electron chi connectivity index (χ0n) is 15.0. The van der Waals surface area contributed by atoms with Crippen molar-refractivity contribution in [3.05, 3.63) is 101 Å². The molecule has 0 aliphatic rings. The predicted molar refractivity (Wildman–Crippen MR) is 111 cm³/mol. The molecule has 0 aromatic heterocycles. The van der Waals surface area contributed by atoms with Gasteiger partial charge in [-0.3, -0.25) is 20.4 Å². The van der Waals surface area contributed by atoms with Gasteiger partial charge in [0.2, 0.25) is 5.91 Å². The number of ether oxygens (including phenoxy) is 1. The Hall–Kier alpha value is -3.12. The fourth-order valence-corrected chi connectivity index (χ4v) is 2.97. The number of hydrazine groups is 1. The van der Waals surface area contributed by atoms with Crippen LogP contribution in [0.15, 0.2) is 89.4 Å². The second-order valence-corrected chi connectivity index (χ2v) is 6.95. The quantitative estimate of drug-likeness (QED) is 0.575. The lowest BCUT2D eigenvalue weighted by Crippen LogP contribution is -2.46. The van der Waals surface area contributed by atoms with Gasteiger partial charge in [0.25, 0.3) is 5.91 Å². The predicted octanol–water partition coefficient (Wildman–Crippen LogP) is 3.81. The van der Waals surface area contributed by atoms with E-state index >= 15 is 0 Å². The molecule has 3 rings (SSSR count). The summed E-state index contributed by atoms with van der Waals surface area (Å²) in [7, 11) is 0. The lowest BCUT2D eigenvalue weighted by Gasteiger charge is -2.18. The van der Waals surface area contributed by atoms with Crippen LogP contribution in [0.2, 0.25) is 0 Å². The normalized spacial score (nSPS) is 10.4. The van der Waals surface area contributed by atoms with Crippen LogP contribution in [0.4, 0.5) is 0 Å². The van der Waals surface area contributed by atoms with Crippen molar-refractivity contribution < 1.29 is 14.3 Å². The van der Waals surface area contributed by atoms with Gasteiger partial charge in [0.05, 0.1) is 5.92 Å². The van der Waals surface area contributed by atoms with Gasteiger partial charge < -0.3 is 4.74 Å². The zero-order valence-corrected chi connectivity index (χ0v) is 16.6. The maximum Gasteiger partial charge on any atom is 0.276 e. The number of halogens is 1. The number of benzene rings is 3. The van der Waals surface area contributed by atoms with Crippen molar-refractivity contribution in [2.24, 2.45) is 0 Å². The zero-order chi connectivity index (χ0) is 19.8. The molecule has 6 heteroatoms. The molecule has 3 aromatic rings. The van der Waals surface area contributed by atoms with Crippen LogP contribution in [0.3, 0.4) is 0 Å². The summed E-state index contributed by atoms with van der Waals surface area (Å²) in [6.45, 7) is -0.205. The average Bonchev–Trinajstić information content (AvgIpc) is 2.73. The Balaban J connectivity index is 1.60. The Kier molecular flexibility index (Phi) is 6.81. The summed E-state index contributed by atoms with van der Waals surface area (Å²) < 4.78 is 6.32. The van der Waals surface area contributed by atoms with Crippen LogP contribution < -0.4 is 15.6 Å². The van der Waals surface area contributed by atoms with E-state index in [0.29, 0.717) is 5.75 Å². The lowest BCUT2D eigenvalue weighted by atomic mass is 9.91. The highest BCUT2D eigenvalue weighted by Gasteiger charge is 2.22. The Morgan fingerprint density at radius 2 is 1.32 bits per heavy atom. The number of amides is 2. The molecule has 0 saturated carbocycles. The maximum absolute atomic E-state index is 12.8. The standard InChI is InChI=1S/C22H19BrN2O3/c23-18-11-13-19(14-12-18)28-15-20(26)24-25-22(27)21(16-7-3-1-4-8-16)17-9-5-2-6-10-17/h1-14,21H,15H2,(H,24,26)(H,25,27). The summed E-state index contributed by atoms with van der Waals surface area (Å²) in [5.74, 6) is -0.739. The number of carbonyl (C=O) groups is 2. The van der Waals surface area contributed by atoms with Crippen molar-refractivity contribution in [1.29, 1.82) is 0 Å². The second kappa shape index (κ2) is 9.71. The van der Waals surface area contributed by atoms with Gasteiger partial charge in [-0.15, -0.1) is 0 Å². The van der Waals surface area contributed by atoms with E-state index in [9.17, 15) is 9.59 Å². The molecule has 2 amide bonds. The number of rotatable bonds is 6. The average molecular weight is 439 g/mol. The minimum atomic E-state index is -0.532. The molecular formula is C22H19BrN2O3. The van der Waals surface area contributed by atoms with Crippen molar-refractivity contribution in [3.63, 3.8) is 0 Å². The van der Waals surface area contributed by atoms with Crippen LogP contribution in [0, 0.1) is 0 Å². The monoisotopic (exact) mass is 438 g/mol. The third kappa shape index (κ3) is 5.44. The Bertz CT molecular complexity index is 876. The van der Waals surface area contributed by atoms with E-state index in [1.807, 2.05) is 72.8 Å². The summed E-state index contributed by atoms with van der Waals surface area (Å²) >= 11 is 3.34. The van der Waals surface area contributed by atoms with Gasteiger partial charge in [0, 0.05) is 4.47 Å². The second-order valence-electron chi connectivity index (χ2n) is 6.03. The minimum absolute atomic E-state index is 0.205. The van der Waals surface area contributed by atoms with Crippen LogP contribution >= 0.6 is 15.9 Å². The van der Waals surface area contributed by atoms with Crippen LogP contribution in [0.1, 0.15) is 17.0 Å². The van der Waals surface area contributed by atoms with E-state index in [-0.39, 0.29) is 12.5 Å². The molecule has 0 fully saturated rings. The molecular weight excluding hydrogens is 420 g/mol. The van der Waals surface area contributed by atoms with Crippen molar-refractivity contribution in [2.45, 2.75) is 5.92 Å². The molecule has 0 saturated heterocycles. The molecule has 0 unspecified atom stereocenters. The number of hydrogen-bond donors (Lipinski definition) is 2. The molecule has 0 aliphatic carbocycles. The van der Waals surface area contributed by atoms with Gasteiger partial charge in [-0.1, -0.05) is 76.6 Å². The highest BCUT2D eigenvalue weighted by Crippen LogP contribution is 2.24. The third-order valence-corrected chi connectivity index (χ3v) is 4.57. The first-order chi connectivity index (χ1) is 13.6. The van der Waals surface area contributed by atoms with Gasteiger partial charge >= 0.3 is 0 Å². The number of carbonyl (C=O) groups excluding carboxylic acids is 2. The van der Waals surface area contributed by atoms with Crippen molar-refractivity contribution in [2.75, 3.05) is 6.61 Å². The van der Waals surface area contributed by atoms with Crippen LogP contribution in [0.5, 0.6) is 5.75 Å². The molecule has 0 radical (unpaired) electrons. The molecule has 2 N–H and O–H groups in total. The van der Waals surface area contributed by atoms with Crippen molar-refractivity contribution in [1.82, 2.24) is 10.9 Å². The first-order valence-electron chi connectivity index (χ1n) is 8.70. The first-order valence-corrected chi connectivity index (χ1v) is 9.50. The SMILES string of the molecule is O=C(COc1ccc(Br)cc1)NNC(=O)C(c1ccccc1)c1ccccc1. The first kappa shape index (κ1) is 19.6. The van der Waals surface area contributed by atoms with Gasteiger partial charge in [-0.05, 0) is 35.4 Å². The Morgan fingerprint density at radius 3 is 1.86 bits per heavy atom. The minimum Gasteiger partial charge on any atom is -0.484 e. The van der Waals surface area contributed by atoms with E-state index in [2.05, 4.69) is 26.8 Å². The molecule has 0 atom stereocenters. The summed E-state index contributed by atoms with van der Waals surface area (Å²) in [6.07, 6.45) is 0. The molecule has 3 aromatic carbocycles. The smallest absolute Gasteiger partial charge is 0.276 e. The summed E-state index contributed by atoms with van der Waals surface area (Å²) in [5, 5.41) is 0. The highest BCUT2D eigenvalue weighted by atomic mass is 79.9. The van der Waals surface area contributed by atoms with E-state index in [1.165, 1.54) is 0 Å². The van der Waals surface area contributed by atoms with Gasteiger partial charge in [0.1, 0.15) is 5.75 Å². The van der Waals surface area contributed by atoms with Crippen LogP contribution in [0.25, 0.3) is 0 Å². The largest absolute Gasteiger partial charge is 0.484 e. The molecule has 0 heterocycles. The van der Waals surface area contributed by atoms with Crippen molar-refractivity contribution >= 4 is 27.7 Å². The van der Waals surface area contributed by atoms with Crippen LogP contribution in [-0.2, 0) is 9.59 Å². The Labute approximate surface area is 171 Å². The lowest BCUT2D eigenvalue weighted by molar-refractivity contribution is -0.130. The topological polar surface area (TPSA) is 67.4 Å². The molecule has 28 heavy (non-hydrogen) atoms. The van der Waals surface area contributed by atoms with Gasteiger partial charge in [0.15, 0.2) is 6.61 Å². The van der Waals surface area contributed by atoms with E-state index < -0.39 is 11.8 Å². The van der Waals surface area contributed by atoms with Gasteiger partial charge in [-0.2, -0.15) is 0 Å². The van der Waals surface area contributed by atoms with E-state index in [4.69, 9.17) is 4.74 Å². The number of hydrogen-bond acceptors (Lipinski definition) is 3. The molecule has 5 nitrogen and oxygen atoms in total. The molecule has 0 bridgehead atoms. The Morgan fingerprint density at radius 1 is 0.786 bits per heavy atom. The maximum atomic E-state index is 12.8. The summed E-state index contributed by atoms with van der Waals surface area (Å²) in [5.41, 5.74) is 6.59. The molecule has 0 spiro atoms. The summed E-state index contributed by atoms with van der Waals surface area (Å²) in [4.78, 5) is 24.8. The summed E-state index contributed by atoms with van der Waals surface area (Å²) in [6, 6.07) is 26.0. The third-order valence-electron chi connectivity index (χ3n) is 4.04. The fourth-order valence-electron chi connectivity index (χ4n) is 2.71. The molecule has 142 valence electrons. The fraction of sp³-hybridized carbons (Fsp3) is 0.0909. The van der Waals surface area contributed by atoms with Gasteiger partial charge in [-0.25, -0.2) is 0 Å². The highest BCUT2D eigenvalue weighted by molar-refractivity contribution is 9.10. The number of nitrogens with one attached hydrogen (secondary N) is 2. The molecule has 0 aliphatic heterocycles. The van der Waals surface area contributed by atoms with Crippen LogP contribution in [-0.4, -0.2) is 18.4 Å². The van der Waals surface area contributed by atoms with E-state index in [1.54, 1.807) is 12.1 Å². The van der Waals surface area contributed by atoms with Crippen molar-refractivity contribution in [3.8, 4) is 5.75 Å².